The zero-order valence-corrected chi connectivity index (χ0v) is 13.9. The fourth-order valence-corrected chi connectivity index (χ4v) is 2.28. The number of pyridine rings is 1. The number of primary amides is 1. The third-order valence-corrected chi connectivity index (χ3v) is 3.53. The number of carbonyl (C=O) groups excluding carboxylic acids is 1. The molecule has 9 heteroatoms. The maximum atomic E-state index is 13.7. The molecule has 132 valence electrons. The van der Waals surface area contributed by atoms with Crippen LogP contribution in [0.5, 0.6) is 0 Å². The van der Waals surface area contributed by atoms with Crippen molar-refractivity contribution < 1.29 is 9.18 Å². The molecule has 3 aromatic heterocycles. The van der Waals surface area contributed by atoms with Crippen LogP contribution < -0.4 is 11.1 Å². The molecule has 1 unspecified atom stereocenters. The summed E-state index contributed by atoms with van der Waals surface area (Å²) in [6.07, 6.45) is 6.45. The van der Waals surface area contributed by atoms with Gasteiger partial charge in [0.2, 0.25) is 5.95 Å². The Morgan fingerprint density at radius 2 is 1.96 bits per heavy atom. The molecule has 0 aliphatic heterocycles. The second-order valence-electron chi connectivity index (χ2n) is 5.61. The second-order valence-corrected chi connectivity index (χ2v) is 5.61. The van der Waals surface area contributed by atoms with Gasteiger partial charge in [0.25, 0.3) is 5.91 Å². The summed E-state index contributed by atoms with van der Waals surface area (Å²) in [5.74, 6) is -0.299. The van der Waals surface area contributed by atoms with Crippen molar-refractivity contribution in [1.82, 2.24) is 24.9 Å². The summed E-state index contributed by atoms with van der Waals surface area (Å²) in [6, 6.07) is 4.23. The number of hydrogen-bond acceptors (Lipinski definition) is 7. The van der Waals surface area contributed by atoms with Gasteiger partial charge in [0, 0.05) is 37.3 Å². The van der Waals surface area contributed by atoms with Crippen molar-refractivity contribution in [3.05, 3.63) is 60.2 Å². The lowest BCUT2D eigenvalue weighted by atomic mass is 10.1. The first kappa shape index (κ1) is 17.3. The molecule has 0 aliphatic rings. The molecule has 0 bridgehead atoms. The van der Waals surface area contributed by atoms with E-state index in [2.05, 4.69) is 30.2 Å². The highest BCUT2D eigenvalue weighted by atomic mass is 19.1. The Kier molecular flexibility index (Phi) is 5.07. The van der Waals surface area contributed by atoms with Crippen LogP contribution in [0.4, 0.5) is 10.3 Å². The zero-order chi connectivity index (χ0) is 18.5. The van der Waals surface area contributed by atoms with Crippen LogP contribution in [-0.2, 0) is 6.42 Å². The van der Waals surface area contributed by atoms with E-state index in [1.165, 1.54) is 30.7 Å². The molecule has 0 saturated carbocycles. The van der Waals surface area contributed by atoms with Gasteiger partial charge >= 0.3 is 0 Å². The maximum Gasteiger partial charge on any atom is 0.267 e. The smallest absolute Gasteiger partial charge is 0.267 e. The maximum absolute atomic E-state index is 13.7. The van der Waals surface area contributed by atoms with Crippen molar-refractivity contribution >= 4 is 11.9 Å². The van der Waals surface area contributed by atoms with E-state index in [0.717, 1.165) is 0 Å². The van der Waals surface area contributed by atoms with Gasteiger partial charge < -0.3 is 11.1 Å². The Bertz CT molecular complexity index is 917. The van der Waals surface area contributed by atoms with Crippen LogP contribution in [-0.4, -0.2) is 36.9 Å². The lowest BCUT2D eigenvalue weighted by Gasteiger charge is -2.13. The van der Waals surface area contributed by atoms with Crippen molar-refractivity contribution in [2.45, 2.75) is 19.4 Å². The Hall–Kier alpha value is -3.49. The number of nitrogens with one attached hydrogen (secondary N) is 1. The standard InChI is InChI=1S/C17H16FN7O/c1-10(7-14-12(18)3-2-5-20-14)24-17-22-8-11(9-23-17)16-21-6-4-13(25-16)15(19)26/h2-6,8-10H,7H2,1H3,(H2,19,26)(H,22,23,24). The number of hydrogen-bond donors (Lipinski definition) is 2. The summed E-state index contributed by atoms with van der Waals surface area (Å²) < 4.78 is 13.7. The van der Waals surface area contributed by atoms with E-state index in [9.17, 15) is 9.18 Å². The Labute approximate surface area is 148 Å². The van der Waals surface area contributed by atoms with E-state index in [4.69, 9.17) is 5.73 Å². The third kappa shape index (κ3) is 4.12. The first-order valence-corrected chi connectivity index (χ1v) is 7.84. The fourth-order valence-electron chi connectivity index (χ4n) is 2.28. The monoisotopic (exact) mass is 353 g/mol. The summed E-state index contributed by atoms with van der Waals surface area (Å²) in [6.45, 7) is 1.88. The average Bonchev–Trinajstić information content (AvgIpc) is 2.64. The van der Waals surface area contributed by atoms with Crippen LogP contribution in [0, 0.1) is 5.82 Å². The van der Waals surface area contributed by atoms with Gasteiger partial charge in [0.05, 0.1) is 11.3 Å². The highest BCUT2D eigenvalue weighted by molar-refractivity contribution is 5.91. The lowest BCUT2D eigenvalue weighted by molar-refractivity contribution is 0.0995. The Balaban J connectivity index is 1.69. The van der Waals surface area contributed by atoms with Gasteiger partial charge in [0.1, 0.15) is 11.5 Å². The SMILES string of the molecule is CC(Cc1ncccc1F)Nc1ncc(-c2nccc(C(N)=O)n2)cn1. The van der Waals surface area contributed by atoms with Crippen LogP contribution in [0.25, 0.3) is 11.4 Å². The van der Waals surface area contributed by atoms with Crippen LogP contribution in [0.15, 0.2) is 43.0 Å². The van der Waals surface area contributed by atoms with E-state index < -0.39 is 5.91 Å². The van der Waals surface area contributed by atoms with Crippen LogP contribution in [0.2, 0.25) is 0 Å². The van der Waals surface area contributed by atoms with Crippen LogP contribution >= 0.6 is 0 Å². The molecule has 3 heterocycles. The largest absolute Gasteiger partial charge is 0.364 e. The summed E-state index contributed by atoms with van der Waals surface area (Å²) in [5.41, 5.74) is 6.24. The van der Waals surface area contributed by atoms with Crippen molar-refractivity contribution in [1.29, 1.82) is 0 Å². The molecule has 1 amide bonds. The van der Waals surface area contributed by atoms with Crippen molar-refractivity contribution in [2.75, 3.05) is 5.32 Å². The van der Waals surface area contributed by atoms with E-state index in [-0.39, 0.29) is 17.6 Å². The van der Waals surface area contributed by atoms with E-state index in [1.807, 2.05) is 6.92 Å². The molecule has 1 atom stereocenters. The minimum Gasteiger partial charge on any atom is -0.364 e. The van der Waals surface area contributed by atoms with Gasteiger partial charge in [-0.1, -0.05) is 0 Å². The quantitative estimate of drug-likeness (QED) is 0.691. The van der Waals surface area contributed by atoms with Crippen molar-refractivity contribution in [2.24, 2.45) is 5.73 Å². The summed E-state index contributed by atoms with van der Waals surface area (Å²) in [4.78, 5) is 31.8. The predicted molar refractivity (Wildman–Crippen MR) is 92.6 cm³/mol. The molecule has 0 aliphatic carbocycles. The minimum atomic E-state index is -0.636. The molecule has 0 spiro atoms. The number of carbonyl (C=O) groups is 1. The molecule has 0 fully saturated rings. The van der Waals surface area contributed by atoms with Crippen LogP contribution in [0.3, 0.4) is 0 Å². The summed E-state index contributed by atoms with van der Waals surface area (Å²) >= 11 is 0. The van der Waals surface area contributed by atoms with Gasteiger partial charge in [-0.05, 0) is 25.1 Å². The number of rotatable bonds is 6. The van der Waals surface area contributed by atoms with Gasteiger partial charge in [-0.2, -0.15) is 0 Å². The van der Waals surface area contributed by atoms with Gasteiger partial charge in [0.15, 0.2) is 5.82 Å². The molecule has 8 nitrogen and oxygen atoms in total. The van der Waals surface area contributed by atoms with Gasteiger partial charge in [-0.25, -0.2) is 24.3 Å². The van der Waals surface area contributed by atoms with Crippen molar-refractivity contribution in [3.63, 3.8) is 0 Å². The molecule has 0 saturated heterocycles. The third-order valence-electron chi connectivity index (χ3n) is 3.53. The number of aromatic nitrogens is 5. The highest BCUT2D eigenvalue weighted by Crippen LogP contribution is 2.14. The number of nitrogens with two attached hydrogens (primary N) is 1. The molecule has 26 heavy (non-hydrogen) atoms. The van der Waals surface area contributed by atoms with E-state index in [1.54, 1.807) is 12.3 Å². The molecular formula is C17H16FN7O. The number of halogens is 1. The molecule has 0 aromatic carbocycles. The molecular weight excluding hydrogens is 337 g/mol. The first-order valence-electron chi connectivity index (χ1n) is 7.84. The average molecular weight is 353 g/mol. The lowest BCUT2D eigenvalue weighted by Crippen LogP contribution is -2.21. The number of anilines is 1. The minimum absolute atomic E-state index is 0.114. The van der Waals surface area contributed by atoms with E-state index >= 15 is 0 Å². The molecule has 0 radical (unpaired) electrons. The summed E-state index contributed by atoms with van der Waals surface area (Å²) in [5, 5.41) is 3.08. The fraction of sp³-hybridized carbons (Fsp3) is 0.176. The topological polar surface area (TPSA) is 120 Å². The Morgan fingerprint density at radius 1 is 1.19 bits per heavy atom. The number of nitrogens with zero attached hydrogens (tertiary/aromatic N) is 5. The van der Waals surface area contributed by atoms with E-state index in [0.29, 0.717) is 29.5 Å². The highest BCUT2D eigenvalue weighted by Gasteiger charge is 2.11. The molecule has 3 rings (SSSR count). The molecule has 3 aromatic rings. The number of amides is 1. The van der Waals surface area contributed by atoms with Crippen LogP contribution in [0.1, 0.15) is 23.1 Å². The van der Waals surface area contributed by atoms with Crippen molar-refractivity contribution in [3.8, 4) is 11.4 Å². The zero-order valence-electron chi connectivity index (χ0n) is 13.9. The van der Waals surface area contributed by atoms with Gasteiger partial charge in [-0.3, -0.25) is 9.78 Å². The predicted octanol–water partition coefficient (Wildman–Crippen LogP) is 1.61. The second kappa shape index (κ2) is 7.60. The summed E-state index contributed by atoms with van der Waals surface area (Å²) in [7, 11) is 0. The van der Waals surface area contributed by atoms with Gasteiger partial charge in [-0.15, -0.1) is 0 Å². The normalized spacial score (nSPS) is 11.8. The Morgan fingerprint density at radius 3 is 2.65 bits per heavy atom. The first-order chi connectivity index (χ1) is 12.5. The molecule has 3 N–H and O–H groups in total.